The summed E-state index contributed by atoms with van der Waals surface area (Å²) in [5.74, 6) is 0.735. The molecule has 0 saturated heterocycles. The fraction of sp³-hybridized carbons (Fsp3) is 0.308. The molecule has 0 fully saturated rings. The smallest absolute Gasteiger partial charge is 0.244 e. The zero-order chi connectivity index (χ0) is 15.0. The van der Waals surface area contributed by atoms with Crippen molar-refractivity contribution >= 4 is 26.0 Å². The Balaban J connectivity index is 1.98. The summed E-state index contributed by atoms with van der Waals surface area (Å²) in [6.07, 6.45) is 3.52. The van der Waals surface area contributed by atoms with Crippen LogP contribution in [0.25, 0.3) is 0 Å². The van der Waals surface area contributed by atoms with Crippen molar-refractivity contribution in [2.45, 2.75) is 24.6 Å². The quantitative estimate of drug-likeness (QED) is 0.883. The van der Waals surface area contributed by atoms with Crippen LogP contribution in [0.4, 0.5) is 0 Å². The Kier molecular flexibility index (Phi) is 3.87. The van der Waals surface area contributed by atoms with Gasteiger partial charge in [0.05, 0.1) is 18.0 Å². The van der Waals surface area contributed by atoms with Crippen molar-refractivity contribution in [2.75, 3.05) is 6.54 Å². The zero-order valence-electron chi connectivity index (χ0n) is 11.1. The van der Waals surface area contributed by atoms with Crippen molar-refractivity contribution in [1.29, 1.82) is 0 Å². The third kappa shape index (κ3) is 2.64. The van der Waals surface area contributed by atoms with Crippen molar-refractivity contribution in [3.8, 4) is 0 Å². The SMILES string of the molecule is O=S(=O)(c1cc(CO)ccc1Br)N1CCn2ccnc2C1. The minimum Gasteiger partial charge on any atom is -0.392 e. The number of fused-ring (bicyclic) bond motifs is 1. The summed E-state index contributed by atoms with van der Waals surface area (Å²) in [4.78, 5) is 4.35. The Morgan fingerprint density at radius 2 is 2.14 bits per heavy atom. The number of imidazole rings is 1. The minimum atomic E-state index is -3.62. The van der Waals surface area contributed by atoms with E-state index in [1.54, 1.807) is 18.3 Å². The Morgan fingerprint density at radius 3 is 2.90 bits per heavy atom. The first-order valence-electron chi connectivity index (χ1n) is 6.42. The molecule has 0 amide bonds. The van der Waals surface area contributed by atoms with Gasteiger partial charge in [-0.15, -0.1) is 0 Å². The van der Waals surface area contributed by atoms with Gasteiger partial charge < -0.3 is 9.67 Å². The van der Waals surface area contributed by atoms with E-state index >= 15 is 0 Å². The van der Waals surface area contributed by atoms with E-state index in [-0.39, 0.29) is 18.0 Å². The molecule has 1 N–H and O–H groups in total. The molecular formula is C13H14BrN3O3S. The maximum atomic E-state index is 12.8. The number of sulfonamides is 1. The molecule has 1 aliphatic rings. The number of benzene rings is 1. The third-order valence-corrected chi connectivity index (χ3v) is 6.34. The molecule has 1 aliphatic heterocycles. The molecule has 0 radical (unpaired) electrons. The van der Waals surface area contributed by atoms with Gasteiger partial charge in [0.15, 0.2) is 0 Å². The first-order chi connectivity index (χ1) is 10.0. The predicted molar refractivity (Wildman–Crippen MR) is 79.9 cm³/mol. The summed E-state index contributed by atoms with van der Waals surface area (Å²) in [6.45, 7) is 1.05. The van der Waals surface area contributed by atoms with Crippen molar-refractivity contribution < 1.29 is 13.5 Å². The normalized spacial score (nSPS) is 15.9. The first kappa shape index (κ1) is 14.7. The largest absolute Gasteiger partial charge is 0.392 e. The number of aromatic nitrogens is 2. The molecule has 1 aromatic heterocycles. The summed E-state index contributed by atoms with van der Waals surface area (Å²) in [5, 5.41) is 9.19. The van der Waals surface area contributed by atoms with E-state index in [4.69, 9.17) is 0 Å². The van der Waals surface area contributed by atoms with Crippen LogP contribution in [0.1, 0.15) is 11.4 Å². The van der Waals surface area contributed by atoms with Crippen LogP contribution in [0, 0.1) is 0 Å². The van der Waals surface area contributed by atoms with E-state index in [0.717, 1.165) is 5.82 Å². The molecule has 6 nitrogen and oxygen atoms in total. The van der Waals surface area contributed by atoms with Crippen molar-refractivity contribution in [2.24, 2.45) is 0 Å². The summed E-state index contributed by atoms with van der Waals surface area (Å²) in [7, 11) is -3.62. The number of nitrogens with zero attached hydrogens (tertiary/aromatic N) is 3. The molecule has 2 aromatic rings. The number of hydrogen-bond donors (Lipinski definition) is 1. The van der Waals surface area contributed by atoms with E-state index in [2.05, 4.69) is 20.9 Å². The van der Waals surface area contributed by atoms with Crippen LogP contribution in [0.5, 0.6) is 0 Å². The van der Waals surface area contributed by atoms with Crippen LogP contribution in [-0.4, -0.2) is 33.9 Å². The van der Waals surface area contributed by atoms with Crippen LogP contribution in [0.3, 0.4) is 0 Å². The lowest BCUT2D eigenvalue weighted by atomic mass is 10.2. The second-order valence-corrected chi connectivity index (χ2v) is 7.56. The van der Waals surface area contributed by atoms with Crippen LogP contribution in [0.2, 0.25) is 0 Å². The molecule has 1 aromatic carbocycles. The molecule has 112 valence electrons. The molecule has 0 saturated carbocycles. The highest BCUT2D eigenvalue weighted by atomic mass is 79.9. The van der Waals surface area contributed by atoms with E-state index in [1.165, 1.54) is 10.4 Å². The van der Waals surface area contributed by atoms with Crippen molar-refractivity contribution in [3.63, 3.8) is 0 Å². The van der Waals surface area contributed by atoms with Crippen molar-refractivity contribution in [3.05, 3.63) is 46.5 Å². The maximum absolute atomic E-state index is 12.8. The van der Waals surface area contributed by atoms with Gasteiger partial charge in [0, 0.05) is 30.0 Å². The van der Waals surface area contributed by atoms with Gasteiger partial charge in [-0.05, 0) is 33.6 Å². The van der Waals surface area contributed by atoms with Gasteiger partial charge in [0.25, 0.3) is 0 Å². The van der Waals surface area contributed by atoms with Crippen LogP contribution >= 0.6 is 15.9 Å². The maximum Gasteiger partial charge on any atom is 0.244 e. The Labute approximate surface area is 131 Å². The number of aliphatic hydroxyl groups excluding tert-OH is 1. The van der Waals surface area contributed by atoms with Crippen molar-refractivity contribution in [1.82, 2.24) is 13.9 Å². The zero-order valence-corrected chi connectivity index (χ0v) is 13.5. The molecule has 21 heavy (non-hydrogen) atoms. The van der Waals surface area contributed by atoms with E-state index in [0.29, 0.717) is 23.1 Å². The third-order valence-electron chi connectivity index (χ3n) is 3.51. The van der Waals surface area contributed by atoms with E-state index in [9.17, 15) is 13.5 Å². The molecular weight excluding hydrogens is 358 g/mol. The molecule has 0 unspecified atom stereocenters. The minimum absolute atomic E-state index is 0.175. The highest BCUT2D eigenvalue weighted by molar-refractivity contribution is 9.10. The van der Waals surface area contributed by atoms with E-state index < -0.39 is 10.0 Å². The van der Waals surface area contributed by atoms with Gasteiger partial charge in [0.2, 0.25) is 10.0 Å². The molecule has 0 atom stereocenters. The van der Waals surface area contributed by atoms with Gasteiger partial charge in [-0.1, -0.05) is 6.07 Å². The molecule has 0 bridgehead atoms. The molecule has 0 aliphatic carbocycles. The highest BCUT2D eigenvalue weighted by Crippen LogP contribution is 2.28. The topological polar surface area (TPSA) is 75.4 Å². The lowest BCUT2D eigenvalue weighted by Gasteiger charge is -2.27. The fourth-order valence-electron chi connectivity index (χ4n) is 2.34. The Hall–Kier alpha value is -1.22. The predicted octanol–water partition coefficient (Wildman–Crippen LogP) is 1.34. The number of aliphatic hydroxyl groups is 1. The van der Waals surface area contributed by atoms with Gasteiger partial charge in [-0.25, -0.2) is 13.4 Å². The second kappa shape index (κ2) is 5.53. The van der Waals surface area contributed by atoms with Gasteiger partial charge in [0.1, 0.15) is 5.82 Å². The lowest BCUT2D eigenvalue weighted by molar-refractivity contribution is 0.281. The standard InChI is InChI=1S/C13H14BrN3O3S/c14-11-2-1-10(9-18)7-12(11)21(19,20)17-6-5-16-4-3-15-13(16)8-17/h1-4,7,18H,5-6,8-9H2. The van der Waals surface area contributed by atoms with Gasteiger partial charge in [-0.3, -0.25) is 0 Å². The summed E-state index contributed by atoms with van der Waals surface area (Å²) >= 11 is 3.28. The summed E-state index contributed by atoms with van der Waals surface area (Å²) in [6, 6.07) is 4.83. The summed E-state index contributed by atoms with van der Waals surface area (Å²) in [5.41, 5.74) is 0.565. The number of rotatable bonds is 3. The molecule has 0 spiro atoms. The fourth-order valence-corrected chi connectivity index (χ4v) is 4.70. The Morgan fingerprint density at radius 1 is 1.33 bits per heavy atom. The molecule has 2 heterocycles. The van der Waals surface area contributed by atoms with Gasteiger partial charge >= 0.3 is 0 Å². The molecule has 8 heteroatoms. The Bertz CT molecular complexity index is 773. The monoisotopic (exact) mass is 371 g/mol. The van der Waals surface area contributed by atoms with Crippen LogP contribution in [-0.2, 0) is 29.7 Å². The molecule has 3 rings (SSSR count). The second-order valence-electron chi connectivity index (χ2n) is 4.80. The number of halogens is 1. The van der Waals surface area contributed by atoms with Crippen LogP contribution in [0.15, 0.2) is 40.0 Å². The van der Waals surface area contributed by atoms with Crippen LogP contribution < -0.4 is 0 Å². The lowest BCUT2D eigenvalue weighted by Crippen LogP contribution is -2.38. The highest BCUT2D eigenvalue weighted by Gasteiger charge is 2.30. The van der Waals surface area contributed by atoms with E-state index in [1.807, 2.05) is 10.8 Å². The van der Waals surface area contributed by atoms with Gasteiger partial charge in [-0.2, -0.15) is 4.31 Å². The average molecular weight is 372 g/mol. The first-order valence-corrected chi connectivity index (χ1v) is 8.65. The summed E-state index contributed by atoms with van der Waals surface area (Å²) < 4.78 is 29.4. The number of hydrogen-bond acceptors (Lipinski definition) is 4. The average Bonchev–Trinajstić information content (AvgIpc) is 2.95.